The lowest BCUT2D eigenvalue weighted by atomic mass is 9.97. The average Bonchev–Trinajstić information content (AvgIpc) is 2.71. The van der Waals surface area contributed by atoms with E-state index in [1.54, 1.807) is 23.2 Å². The summed E-state index contributed by atoms with van der Waals surface area (Å²) in [6.45, 7) is 7.87. The van der Waals surface area contributed by atoms with Gasteiger partial charge in [-0.3, -0.25) is 9.59 Å². The first-order valence-corrected chi connectivity index (χ1v) is 10.3. The molecule has 0 saturated carbocycles. The van der Waals surface area contributed by atoms with Gasteiger partial charge >= 0.3 is 0 Å². The van der Waals surface area contributed by atoms with Crippen LogP contribution in [0.2, 0.25) is 5.02 Å². The van der Waals surface area contributed by atoms with Gasteiger partial charge in [0, 0.05) is 37.0 Å². The summed E-state index contributed by atoms with van der Waals surface area (Å²) in [5, 5.41) is 0.373. The summed E-state index contributed by atoms with van der Waals surface area (Å²) in [6, 6.07) is 8.63. The van der Waals surface area contributed by atoms with E-state index < -0.39 is 6.04 Å². The zero-order chi connectivity index (χ0) is 21.1. The number of piperazine rings is 1. The molecule has 7 heteroatoms. The zero-order valence-corrected chi connectivity index (χ0v) is 17.8. The standard InChI is InChI=1S/C22H27ClN4O2/c1-4-26-8-9-27(19(22(26)29)10-14(2)3)21(28)16-7-5-6-15(11-16)17-12-18(23)20(24)25-13-17/h5-7,11-14,19H,4,8-10H2,1-3H3,(H2,24,25). The fourth-order valence-corrected chi connectivity index (χ4v) is 3.84. The number of anilines is 1. The van der Waals surface area contributed by atoms with Crippen molar-refractivity contribution in [3.05, 3.63) is 47.1 Å². The van der Waals surface area contributed by atoms with Crippen molar-refractivity contribution in [2.45, 2.75) is 33.2 Å². The molecule has 154 valence electrons. The van der Waals surface area contributed by atoms with E-state index in [0.717, 1.165) is 11.1 Å². The molecule has 6 nitrogen and oxygen atoms in total. The van der Waals surface area contributed by atoms with E-state index in [1.807, 2.05) is 30.0 Å². The summed E-state index contributed by atoms with van der Waals surface area (Å²) in [7, 11) is 0. The monoisotopic (exact) mass is 414 g/mol. The third-order valence-corrected chi connectivity index (χ3v) is 5.54. The van der Waals surface area contributed by atoms with Crippen molar-refractivity contribution in [1.29, 1.82) is 0 Å². The Hall–Kier alpha value is -2.60. The van der Waals surface area contributed by atoms with Gasteiger partial charge < -0.3 is 15.5 Å². The summed E-state index contributed by atoms with van der Waals surface area (Å²) in [4.78, 5) is 33.9. The predicted molar refractivity (Wildman–Crippen MR) is 116 cm³/mol. The van der Waals surface area contributed by atoms with Crippen molar-refractivity contribution in [2.24, 2.45) is 5.92 Å². The van der Waals surface area contributed by atoms with E-state index in [4.69, 9.17) is 17.3 Å². The molecule has 1 aromatic heterocycles. The van der Waals surface area contributed by atoms with Crippen LogP contribution in [0, 0.1) is 5.92 Å². The fourth-order valence-electron chi connectivity index (χ4n) is 3.67. The zero-order valence-electron chi connectivity index (χ0n) is 17.1. The van der Waals surface area contributed by atoms with Crippen molar-refractivity contribution in [3.8, 4) is 11.1 Å². The minimum absolute atomic E-state index is 0.0338. The first-order valence-electron chi connectivity index (χ1n) is 9.93. The second-order valence-corrected chi connectivity index (χ2v) is 8.14. The maximum atomic E-state index is 13.3. The van der Waals surface area contributed by atoms with Crippen molar-refractivity contribution < 1.29 is 9.59 Å². The molecule has 1 saturated heterocycles. The van der Waals surface area contributed by atoms with Crippen LogP contribution in [-0.4, -0.2) is 52.3 Å². The van der Waals surface area contributed by atoms with Crippen molar-refractivity contribution in [2.75, 3.05) is 25.4 Å². The van der Waals surface area contributed by atoms with E-state index in [-0.39, 0.29) is 17.6 Å². The van der Waals surface area contributed by atoms with Crippen LogP contribution >= 0.6 is 11.6 Å². The van der Waals surface area contributed by atoms with E-state index in [2.05, 4.69) is 18.8 Å². The third kappa shape index (κ3) is 4.53. The average molecular weight is 415 g/mol. The minimum atomic E-state index is -0.424. The number of aromatic nitrogens is 1. The molecule has 0 bridgehead atoms. The van der Waals surface area contributed by atoms with Crippen LogP contribution in [0.1, 0.15) is 37.6 Å². The second kappa shape index (κ2) is 8.82. The first kappa shape index (κ1) is 21.1. The highest BCUT2D eigenvalue weighted by atomic mass is 35.5. The third-order valence-electron chi connectivity index (χ3n) is 5.23. The maximum absolute atomic E-state index is 13.3. The number of hydrogen-bond donors (Lipinski definition) is 1. The molecule has 2 amide bonds. The number of nitrogens with zero attached hydrogens (tertiary/aromatic N) is 3. The number of benzene rings is 1. The Bertz CT molecular complexity index is 915. The van der Waals surface area contributed by atoms with Gasteiger partial charge in [0.25, 0.3) is 5.91 Å². The number of nitrogen functional groups attached to an aromatic ring is 1. The molecule has 1 aliphatic rings. The molecular formula is C22H27ClN4O2. The van der Waals surface area contributed by atoms with Crippen molar-refractivity contribution in [1.82, 2.24) is 14.8 Å². The number of likely N-dealkylation sites (N-methyl/N-ethyl adjacent to an activating group) is 1. The number of pyridine rings is 1. The summed E-state index contributed by atoms with van der Waals surface area (Å²) in [6.07, 6.45) is 2.29. The summed E-state index contributed by atoms with van der Waals surface area (Å²) in [5.41, 5.74) is 7.84. The Morgan fingerprint density at radius 1 is 1.28 bits per heavy atom. The Kier molecular flexibility index (Phi) is 6.42. The largest absolute Gasteiger partial charge is 0.382 e. The van der Waals surface area contributed by atoms with Crippen LogP contribution in [0.3, 0.4) is 0 Å². The van der Waals surface area contributed by atoms with Crippen molar-refractivity contribution >= 4 is 29.2 Å². The van der Waals surface area contributed by atoms with Gasteiger partial charge in [0.1, 0.15) is 11.9 Å². The van der Waals surface area contributed by atoms with E-state index >= 15 is 0 Å². The van der Waals surface area contributed by atoms with Crippen LogP contribution in [0.25, 0.3) is 11.1 Å². The number of carbonyl (C=O) groups excluding carboxylic acids is 2. The highest BCUT2D eigenvalue weighted by Gasteiger charge is 2.37. The quantitative estimate of drug-likeness (QED) is 0.808. The van der Waals surface area contributed by atoms with Gasteiger partial charge in [-0.25, -0.2) is 4.98 Å². The molecule has 29 heavy (non-hydrogen) atoms. The lowest BCUT2D eigenvalue weighted by molar-refractivity contribution is -0.140. The van der Waals surface area contributed by atoms with Crippen LogP contribution in [-0.2, 0) is 4.79 Å². The van der Waals surface area contributed by atoms with Gasteiger partial charge in [0.2, 0.25) is 5.91 Å². The molecule has 3 rings (SSSR count). The highest BCUT2D eigenvalue weighted by molar-refractivity contribution is 6.33. The summed E-state index contributed by atoms with van der Waals surface area (Å²) in [5.74, 6) is 0.486. The first-order chi connectivity index (χ1) is 13.8. The number of nitrogens with two attached hydrogens (primary N) is 1. The van der Waals surface area contributed by atoms with E-state index in [9.17, 15) is 9.59 Å². The molecule has 2 heterocycles. The molecule has 1 unspecified atom stereocenters. The highest BCUT2D eigenvalue weighted by Crippen LogP contribution is 2.27. The summed E-state index contributed by atoms with van der Waals surface area (Å²) >= 11 is 6.09. The Morgan fingerprint density at radius 2 is 2.03 bits per heavy atom. The molecular weight excluding hydrogens is 388 g/mol. The fraction of sp³-hybridized carbons (Fsp3) is 0.409. The second-order valence-electron chi connectivity index (χ2n) is 7.73. The SMILES string of the molecule is CCN1CCN(C(=O)c2cccc(-c3cnc(N)c(Cl)c3)c2)C(CC(C)C)C1=O. The molecule has 0 aliphatic carbocycles. The van der Waals surface area contributed by atoms with Gasteiger partial charge in [0.05, 0.1) is 5.02 Å². The Morgan fingerprint density at radius 3 is 2.69 bits per heavy atom. The topological polar surface area (TPSA) is 79.5 Å². The van der Waals surface area contributed by atoms with Gasteiger partial charge in [-0.15, -0.1) is 0 Å². The number of amides is 2. The lowest BCUT2D eigenvalue weighted by Gasteiger charge is -2.41. The van der Waals surface area contributed by atoms with E-state index in [1.165, 1.54) is 0 Å². The summed E-state index contributed by atoms with van der Waals surface area (Å²) < 4.78 is 0. The van der Waals surface area contributed by atoms with Gasteiger partial charge in [-0.05, 0) is 43.0 Å². The molecule has 1 aliphatic heterocycles. The molecule has 1 aromatic carbocycles. The van der Waals surface area contributed by atoms with Gasteiger partial charge in [-0.2, -0.15) is 0 Å². The molecule has 1 fully saturated rings. The Labute approximate surface area is 176 Å². The number of carbonyl (C=O) groups is 2. The van der Waals surface area contributed by atoms with Crippen LogP contribution in [0.5, 0.6) is 0 Å². The smallest absolute Gasteiger partial charge is 0.254 e. The van der Waals surface area contributed by atoms with Crippen LogP contribution in [0.4, 0.5) is 5.82 Å². The number of halogens is 1. The van der Waals surface area contributed by atoms with Crippen LogP contribution in [0.15, 0.2) is 36.5 Å². The van der Waals surface area contributed by atoms with Crippen molar-refractivity contribution in [3.63, 3.8) is 0 Å². The van der Waals surface area contributed by atoms with Gasteiger partial charge in [0.15, 0.2) is 0 Å². The Balaban J connectivity index is 1.90. The molecule has 0 spiro atoms. The molecule has 2 N–H and O–H groups in total. The predicted octanol–water partition coefficient (Wildman–Crippen LogP) is 3.70. The van der Waals surface area contributed by atoms with Crippen LogP contribution < -0.4 is 5.73 Å². The lowest BCUT2D eigenvalue weighted by Crippen LogP contribution is -2.58. The molecule has 1 atom stereocenters. The maximum Gasteiger partial charge on any atom is 0.254 e. The van der Waals surface area contributed by atoms with Gasteiger partial charge in [-0.1, -0.05) is 37.6 Å². The van der Waals surface area contributed by atoms with E-state index in [0.29, 0.717) is 42.6 Å². The number of hydrogen-bond acceptors (Lipinski definition) is 4. The number of rotatable bonds is 5. The minimum Gasteiger partial charge on any atom is -0.382 e. The normalized spacial score (nSPS) is 17.1. The molecule has 0 radical (unpaired) electrons. The molecule has 2 aromatic rings.